The van der Waals surface area contributed by atoms with Crippen LogP contribution in [0.5, 0.6) is 5.75 Å². The molecule has 1 aromatic rings. The first-order valence-electron chi connectivity index (χ1n) is 6.28. The average molecular weight is 263 g/mol. The van der Waals surface area contributed by atoms with Crippen LogP contribution in [0.3, 0.4) is 0 Å². The van der Waals surface area contributed by atoms with E-state index in [0.29, 0.717) is 23.4 Å². The summed E-state index contributed by atoms with van der Waals surface area (Å²) in [5, 5.41) is 9.14. The Bertz CT molecular complexity index is 512. The van der Waals surface area contributed by atoms with Crippen molar-refractivity contribution >= 4 is 17.4 Å². The van der Waals surface area contributed by atoms with E-state index in [1.165, 1.54) is 11.8 Å². The third-order valence-corrected chi connectivity index (χ3v) is 3.06. The Kier molecular flexibility index (Phi) is 3.85. The first kappa shape index (κ1) is 13.5. The van der Waals surface area contributed by atoms with Gasteiger partial charge in [-0.05, 0) is 31.0 Å². The molecule has 1 aromatic carbocycles. The number of Topliss-reactive ketones (excluding diaryl/α,β-unsaturated/α-hetero) is 1. The summed E-state index contributed by atoms with van der Waals surface area (Å²) < 4.78 is 5.63. The molecule has 0 aromatic heterocycles. The van der Waals surface area contributed by atoms with Crippen LogP contribution >= 0.6 is 0 Å². The van der Waals surface area contributed by atoms with Gasteiger partial charge in [-0.1, -0.05) is 13.0 Å². The number of hydrogen-bond acceptors (Lipinski definition) is 4. The highest BCUT2D eigenvalue weighted by Gasteiger charge is 2.33. The van der Waals surface area contributed by atoms with E-state index in [-0.39, 0.29) is 24.8 Å². The number of carbonyl (C=O) groups is 2. The molecule has 1 N–H and O–H groups in total. The Balaban J connectivity index is 2.43. The highest BCUT2D eigenvalue weighted by atomic mass is 16.5. The fourth-order valence-electron chi connectivity index (χ4n) is 2.11. The van der Waals surface area contributed by atoms with E-state index in [9.17, 15) is 9.59 Å². The molecule has 0 spiro atoms. The number of hydrogen-bond donors (Lipinski definition) is 1. The van der Waals surface area contributed by atoms with Crippen LogP contribution in [0.1, 0.15) is 25.8 Å². The second-order valence-electron chi connectivity index (χ2n) is 4.60. The van der Waals surface area contributed by atoms with Crippen LogP contribution in [-0.2, 0) is 16.2 Å². The van der Waals surface area contributed by atoms with Crippen LogP contribution in [0.2, 0.25) is 0 Å². The lowest BCUT2D eigenvalue weighted by atomic mass is 10.1. The average Bonchev–Trinajstić information content (AvgIpc) is 2.40. The number of rotatable bonds is 4. The van der Waals surface area contributed by atoms with Gasteiger partial charge in [-0.2, -0.15) is 0 Å². The number of anilines is 1. The summed E-state index contributed by atoms with van der Waals surface area (Å²) in [5.41, 5.74) is 1.30. The van der Waals surface area contributed by atoms with E-state index in [4.69, 9.17) is 9.84 Å². The van der Waals surface area contributed by atoms with E-state index >= 15 is 0 Å². The van der Waals surface area contributed by atoms with Crippen LogP contribution < -0.4 is 9.64 Å². The monoisotopic (exact) mass is 263 g/mol. The van der Waals surface area contributed by atoms with E-state index in [1.54, 1.807) is 18.2 Å². The zero-order valence-corrected chi connectivity index (χ0v) is 11.0. The summed E-state index contributed by atoms with van der Waals surface area (Å²) in [4.78, 5) is 25.0. The quantitative estimate of drug-likeness (QED) is 0.888. The van der Waals surface area contributed by atoms with Gasteiger partial charge < -0.3 is 9.84 Å². The van der Waals surface area contributed by atoms with Gasteiger partial charge in [0.2, 0.25) is 0 Å². The first-order chi connectivity index (χ1) is 9.06. The van der Waals surface area contributed by atoms with Gasteiger partial charge in [-0.3, -0.25) is 14.5 Å². The lowest BCUT2D eigenvalue weighted by Crippen LogP contribution is -2.47. The number of amides is 1. The Hall–Kier alpha value is -1.88. The summed E-state index contributed by atoms with van der Waals surface area (Å²) in [7, 11) is 0. The molecule has 2 rings (SSSR count). The number of carbonyl (C=O) groups excluding carboxylic acids is 2. The zero-order chi connectivity index (χ0) is 14.0. The molecule has 0 fully saturated rings. The van der Waals surface area contributed by atoms with Crippen molar-refractivity contribution in [3.8, 4) is 5.75 Å². The highest BCUT2D eigenvalue weighted by Crippen LogP contribution is 2.35. The van der Waals surface area contributed by atoms with Gasteiger partial charge in [0, 0.05) is 0 Å². The number of aliphatic hydroxyl groups excluding tert-OH is 1. The number of ketones is 1. The minimum Gasteiger partial charge on any atom is -0.478 e. The van der Waals surface area contributed by atoms with E-state index in [0.717, 1.165) is 0 Å². The molecule has 0 saturated carbocycles. The van der Waals surface area contributed by atoms with Gasteiger partial charge in [0.1, 0.15) is 11.5 Å². The molecule has 102 valence electrons. The van der Waals surface area contributed by atoms with Crippen molar-refractivity contribution in [2.45, 2.75) is 33.0 Å². The lowest BCUT2D eigenvalue weighted by Gasteiger charge is -2.33. The Morgan fingerprint density at radius 3 is 2.79 bits per heavy atom. The molecule has 1 amide bonds. The van der Waals surface area contributed by atoms with Crippen LogP contribution in [0.4, 0.5) is 5.69 Å². The van der Waals surface area contributed by atoms with Crippen molar-refractivity contribution in [1.82, 2.24) is 0 Å². The number of ether oxygens (including phenoxy) is 1. The summed E-state index contributed by atoms with van der Waals surface area (Å²) in [5.74, 6) is 0.267. The minimum absolute atomic E-state index is 0.0458. The van der Waals surface area contributed by atoms with Gasteiger partial charge in [-0.15, -0.1) is 0 Å². The van der Waals surface area contributed by atoms with Gasteiger partial charge in [0.05, 0.1) is 18.8 Å². The second kappa shape index (κ2) is 5.40. The fraction of sp³-hybridized carbons (Fsp3) is 0.429. The van der Waals surface area contributed by atoms with Crippen LogP contribution in [0, 0.1) is 0 Å². The van der Waals surface area contributed by atoms with Gasteiger partial charge >= 0.3 is 0 Å². The van der Waals surface area contributed by atoms with Gasteiger partial charge in [-0.25, -0.2) is 0 Å². The summed E-state index contributed by atoms with van der Waals surface area (Å²) >= 11 is 0. The smallest absolute Gasteiger partial charge is 0.268 e. The third-order valence-electron chi connectivity index (χ3n) is 3.06. The fourth-order valence-corrected chi connectivity index (χ4v) is 2.11. The van der Waals surface area contributed by atoms with Gasteiger partial charge in [0.15, 0.2) is 6.10 Å². The summed E-state index contributed by atoms with van der Waals surface area (Å²) in [6.07, 6.45) is -0.0310. The summed E-state index contributed by atoms with van der Waals surface area (Å²) in [6, 6.07) is 5.13. The van der Waals surface area contributed by atoms with E-state index < -0.39 is 6.10 Å². The van der Waals surface area contributed by atoms with E-state index in [1.807, 2.05) is 6.92 Å². The predicted molar refractivity (Wildman–Crippen MR) is 70.1 cm³/mol. The van der Waals surface area contributed by atoms with Crippen molar-refractivity contribution in [1.29, 1.82) is 0 Å². The molecule has 1 atom stereocenters. The molecule has 1 heterocycles. The number of aliphatic hydroxyl groups is 1. The highest BCUT2D eigenvalue weighted by molar-refractivity contribution is 6.03. The maximum absolute atomic E-state index is 12.2. The zero-order valence-electron chi connectivity index (χ0n) is 11.0. The Morgan fingerprint density at radius 1 is 1.47 bits per heavy atom. The van der Waals surface area contributed by atoms with Crippen LogP contribution in [0.25, 0.3) is 0 Å². The largest absolute Gasteiger partial charge is 0.478 e. The first-order valence-corrected chi connectivity index (χ1v) is 6.28. The van der Waals surface area contributed by atoms with Crippen molar-refractivity contribution in [2.75, 3.05) is 11.4 Å². The second-order valence-corrected chi connectivity index (χ2v) is 4.60. The predicted octanol–water partition coefficient (Wildman–Crippen LogP) is 1.27. The SMILES string of the molecule is CCC1Oc2cc(CO)ccc2N(CC(C)=O)C1=O. The molecular formula is C14H17NO4. The Labute approximate surface area is 111 Å². The summed E-state index contributed by atoms with van der Waals surface area (Å²) in [6.45, 7) is 3.26. The van der Waals surface area contributed by atoms with Crippen LogP contribution in [0.15, 0.2) is 18.2 Å². The normalized spacial score (nSPS) is 17.9. The maximum Gasteiger partial charge on any atom is 0.268 e. The molecular weight excluding hydrogens is 246 g/mol. The van der Waals surface area contributed by atoms with Gasteiger partial charge in [0.25, 0.3) is 5.91 Å². The van der Waals surface area contributed by atoms with Crippen molar-refractivity contribution < 1.29 is 19.4 Å². The molecule has 5 heteroatoms. The lowest BCUT2D eigenvalue weighted by molar-refractivity contribution is -0.128. The van der Waals surface area contributed by atoms with Crippen molar-refractivity contribution in [3.63, 3.8) is 0 Å². The molecule has 0 bridgehead atoms. The number of nitrogens with zero attached hydrogens (tertiary/aromatic N) is 1. The molecule has 0 aliphatic carbocycles. The standard InChI is InChI=1S/C14H17NO4/c1-3-12-14(18)15(7-9(2)17)11-5-4-10(8-16)6-13(11)19-12/h4-6,12,16H,3,7-8H2,1-2H3. The van der Waals surface area contributed by atoms with E-state index in [2.05, 4.69) is 0 Å². The molecule has 1 aliphatic heterocycles. The molecule has 1 unspecified atom stereocenters. The molecule has 0 saturated heterocycles. The Morgan fingerprint density at radius 2 is 2.21 bits per heavy atom. The minimum atomic E-state index is -0.569. The topological polar surface area (TPSA) is 66.8 Å². The third kappa shape index (κ3) is 2.61. The molecule has 19 heavy (non-hydrogen) atoms. The number of fused-ring (bicyclic) bond motifs is 1. The maximum atomic E-state index is 12.2. The molecule has 5 nitrogen and oxygen atoms in total. The molecule has 1 aliphatic rings. The van der Waals surface area contributed by atoms with Crippen LogP contribution in [-0.4, -0.2) is 29.4 Å². The van der Waals surface area contributed by atoms with Crippen molar-refractivity contribution in [3.05, 3.63) is 23.8 Å². The molecule has 0 radical (unpaired) electrons. The van der Waals surface area contributed by atoms with Crippen molar-refractivity contribution in [2.24, 2.45) is 0 Å². The number of benzene rings is 1.